The van der Waals surface area contributed by atoms with E-state index < -0.39 is 0 Å². The SMILES string of the molecule is CCCC(=O)c1ccc(-c2ccccc2C(C)(C)C)s1. The van der Waals surface area contributed by atoms with Gasteiger partial charge in [0.1, 0.15) is 0 Å². The quantitative estimate of drug-likeness (QED) is 0.659. The first-order valence-electron chi connectivity index (χ1n) is 7.16. The van der Waals surface area contributed by atoms with Crippen molar-refractivity contribution in [3.8, 4) is 10.4 Å². The van der Waals surface area contributed by atoms with E-state index in [9.17, 15) is 4.79 Å². The number of Topliss-reactive ketones (excluding diaryl/α,β-unsaturated/α-hetero) is 1. The Morgan fingerprint density at radius 3 is 2.45 bits per heavy atom. The van der Waals surface area contributed by atoms with Crippen molar-refractivity contribution < 1.29 is 4.79 Å². The maximum atomic E-state index is 12.0. The minimum Gasteiger partial charge on any atom is -0.293 e. The molecule has 0 bridgehead atoms. The van der Waals surface area contributed by atoms with Crippen molar-refractivity contribution >= 4 is 17.1 Å². The van der Waals surface area contributed by atoms with E-state index in [1.54, 1.807) is 11.3 Å². The van der Waals surface area contributed by atoms with Gasteiger partial charge in [-0.1, -0.05) is 52.0 Å². The maximum absolute atomic E-state index is 12.0. The van der Waals surface area contributed by atoms with Gasteiger partial charge in [0.15, 0.2) is 5.78 Å². The summed E-state index contributed by atoms with van der Waals surface area (Å²) in [4.78, 5) is 14.1. The number of carbonyl (C=O) groups excluding carboxylic acids is 1. The molecule has 2 heteroatoms. The predicted octanol–water partition coefficient (Wildman–Crippen LogP) is 5.70. The van der Waals surface area contributed by atoms with E-state index in [-0.39, 0.29) is 11.2 Å². The van der Waals surface area contributed by atoms with Crippen LogP contribution in [0, 0.1) is 0 Å². The first-order chi connectivity index (χ1) is 9.43. The Kier molecular flexibility index (Phi) is 4.44. The van der Waals surface area contributed by atoms with Crippen LogP contribution in [0.2, 0.25) is 0 Å². The van der Waals surface area contributed by atoms with E-state index in [1.165, 1.54) is 16.0 Å². The van der Waals surface area contributed by atoms with Crippen LogP contribution in [-0.4, -0.2) is 5.78 Å². The lowest BCUT2D eigenvalue weighted by atomic mass is 9.83. The summed E-state index contributed by atoms with van der Waals surface area (Å²) in [5, 5.41) is 0. The molecule has 0 radical (unpaired) electrons. The second kappa shape index (κ2) is 5.92. The molecule has 0 saturated carbocycles. The number of hydrogen-bond acceptors (Lipinski definition) is 2. The Morgan fingerprint density at radius 1 is 1.10 bits per heavy atom. The van der Waals surface area contributed by atoms with Crippen LogP contribution >= 0.6 is 11.3 Å². The van der Waals surface area contributed by atoms with Crippen LogP contribution in [0.25, 0.3) is 10.4 Å². The van der Waals surface area contributed by atoms with Gasteiger partial charge < -0.3 is 0 Å². The van der Waals surface area contributed by atoms with Crippen LogP contribution in [0.15, 0.2) is 36.4 Å². The van der Waals surface area contributed by atoms with Crippen molar-refractivity contribution in [3.63, 3.8) is 0 Å². The van der Waals surface area contributed by atoms with Crippen molar-refractivity contribution in [2.24, 2.45) is 0 Å². The Balaban J connectivity index is 2.41. The Hall–Kier alpha value is -1.41. The van der Waals surface area contributed by atoms with Crippen LogP contribution in [-0.2, 0) is 5.41 Å². The first kappa shape index (κ1) is 15.0. The summed E-state index contributed by atoms with van der Waals surface area (Å²) in [5.41, 5.74) is 2.69. The van der Waals surface area contributed by atoms with Gasteiger partial charge in [-0.3, -0.25) is 4.79 Å². The zero-order valence-corrected chi connectivity index (χ0v) is 13.5. The van der Waals surface area contributed by atoms with Crippen LogP contribution < -0.4 is 0 Å². The zero-order chi connectivity index (χ0) is 14.8. The molecular weight excluding hydrogens is 264 g/mol. The van der Waals surface area contributed by atoms with Crippen LogP contribution in [0.3, 0.4) is 0 Å². The Morgan fingerprint density at radius 2 is 1.80 bits per heavy atom. The van der Waals surface area contributed by atoms with Gasteiger partial charge in [-0.25, -0.2) is 0 Å². The molecule has 0 amide bonds. The highest BCUT2D eigenvalue weighted by molar-refractivity contribution is 7.17. The minimum absolute atomic E-state index is 0.105. The molecule has 20 heavy (non-hydrogen) atoms. The van der Waals surface area contributed by atoms with Crippen LogP contribution in [0.5, 0.6) is 0 Å². The highest BCUT2D eigenvalue weighted by Crippen LogP contribution is 2.36. The lowest BCUT2D eigenvalue weighted by Crippen LogP contribution is -2.12. The number of thiophene rings is 1. The normalized spacial score (nSPS) is 11.6. The molecule has 0 saturated heterocycles. The number of rotatable bonds is 4. The van der Waals surface area contributed by atoms with Crippen molar-refractivity contribution in [1.82, 2.24) is 0 Å². The third-order valence-corrected chi connectivity index (χ3v) is 4.52. The lowest BCUT2D eigenvalue weighted by molar-refractivity contribution is 0.0985. The van der Waals surface area contributed by atoms with E-state index in [1.807, 2.05) is 13.0 Å². The van der Waals surface area contributed by atoms with Crippen molar-refractivity contribution in [1.29, 1.82) is 0 Å². The fraction of sp³-hybridized carbons (Fsp3) is 0.389. The monoisotopic (exact) mass is 286 g/mol. The molecule has 106 valence electrons. The van der Waals surface area contributed by atoms with E-state index in [2.05, 4.69) is 51.1 Å². The molecule has 0 aliphatic rings. The molecule has 0 atom stereocenters. The van der Waals surface area contributed by atoms with E-state index in [0.717, 1.165) is 11.3 Å². The third kappa shape index (κ3) is 3.18. The topological polar surface area (TPSA) is 17.1 Å². The average Bonchev–Trinajstić information content (AvgIpc) is 2.87. The van der Waals surface area contributed by atoms with Crippen molar-refractivity contribution in [2.45, 2.75) is 46.0 Å². The zero-order valence-electron chi connectivity index (χ0n) is 12.7. The summed E-state index contributed by atoms with van der Waals surface area (Å²) in [5.74, 6) is 0.261. The third-order valence-electron chi connectivity index (χ3n) is 3.36. The Labute approximate surface area is 125 Å². The molecule has 0 fully saturated rings. The van der Waals surface area contributed by atoms with Gasteiger partial charge in [0.05, 0.1) is 4.88 Å². The summed E-state index contributed by atoms with van der Waals surface area (Å²) >= 11 is 1.61. The van der Waals surface area contributed by atoms with Crippen molar-refractivity contribution in [2.75, 3.05) is 0 Å². The van der Waals surface area contributed by atoms with Gasteiger partial charge in [-0.15, -0.1) is 11.3 Å². The van der Waals surface area contributed by atoms with Gasteiger partial charge >= 0.3 is 0 Å². The number of ketones is 1. The lowest BCUT2D eigenvalue weighted by Gasteiger charge is -2.22. The Bertz CT molecular complexity index is 602. The molecule has 2 rings (SSSR count). The van der Waals surface area contributed by atoms with Gasteiger partial charge in [0.2, 0.25) is 0 Å². The van der Waals surface area contributed by atoms with Gasteiger partial charge in [-0.2, -0.15) is 0 Å². The van der Waals surface area contributed by atoms with Gasteiger partial charge in [0.25, 0.3) is 0 Å². The molecule has 0 N–H and O–H groups in total. The second-order valence-corrected chi connectivity index (χ2v) is 7.22. The largest absolute Gasteiger partial charge is 0.293 e. The molecular formula is C18H22OS. The summed E-state index contributed by atoms with van der Waals surface area (Å²) in [6.07, 6.45) is 1.55. The summed E-state index contributed by atoms with van der Waals surface area (Å²) in [6.45, 7) is 8.72. The van der Waals surface area contributed by atoms with Crippen molar-refractivity contribution in [3.05, 3.63) is 46.8 Å². The van der Waals surface area contributed by atoms with E-state index in [4.69, 9.17) is 0 Å². The van der Waals surface area contributed by atoms with Crippen LogP contribution in [0.4, 0.5) is 0 Å². The molecule has 0 unspecified atom stereocenters. The minimum atomic E-state index is 0.105. The molecule has 1 aromatic carbocycles. The fourth-order valence-electron chi connectivity index (χ4n) is 2.33. The summed E-state index contributed by atoms with van der Waals surface area (Å²) in [7, 11) is 0. The van der Waals surface area contributed by atoms with Crippen LogP contribution in [0.1, 0.15) is 55.8 Å². The molecule has 0 spiro atoms. The molecule has 1 nitrogen and oxygen atoms in total. The first-order valence-corrected chi connectivity index (χ1v) is 7.98. The molecule has 2 aromatic rings. The highest BCUT2D eigenvalue weighted by Gasteiger charge is 2.19. The number of benzene rings is 1. The smallest absolute Gasteiger partial charge is 0.172 e. The second-order valence-electron chi connectivity index (χ2n) is 6.13. The predicted molar refractivity (Wildman–Crippen MR) is 87.7 cm³/mol. The molecule has 0 aliphatic heterocycles. The fourth-order valence-corrected chi connectivity index (χ4v) is 3.35. The van der Waals surface area contributed by atoms with E-state index >= 15 is 0 Å². The van der Waals surface area contributed by atoms with Gasteiger partial charge in [0, 0.05) is 11.3 Å². The van der Waals surface area contributed by atoms with Gasteiger partial charge in [-0.05, 0) is 35.1 Å². The molecule has 0 aliphatic carbocycles. The standard InChI is InChI=1S/C18H22OS/c1-5-8-15(19)17-12-11-16(20-17)13-9-6-7-10-14(13)18(2,3)4/h6-7,9-12H,5,8H2,1-4H3. The highest BCUT2D eigenvalue weighted by atomic mass is 32.1. The number of carbonyl (C=O) groups is 1. The molecule has 1 heterocycles. The summed E-state index contributed by atoms with van der Waals surface area (Å²) in [6, 6.07) is 12.5. The average molecular weight is 286 g/mol. The maximum Gasteiger partial charge on any atom is 0.172 e. The summed E-state index contributed by atoms with van der Waals surface area (Å²) < 4.78 is 0. The molecule has 1 aromatic heterocycles. The van der Waals surface area contributed by atoms with E-state index in [0.29, 0.717) is 6.42 Å². The number of hydrogen-bond donors (Lipinski definition) is 0.